The number of allylic oxidation sites excluding steroid dienone is 5. The van der Waals surface area contributed by atoms with E-state index in [2.05, 4.69) is 52.8 Å². The fraction of sp³-hybridized carbons (Fsp3) is 0.238. The molecule has 0 fully saturated rings. The van der Waals surface area contributed by atoms with Crippen molar-refractivity contribution in [3.05, 3.63) is 83.2 Å². The molecule has 1 unspecified atom stereocenters. The van der Waals surface area contributed by atoms with Crippen molar-refractivity contribution in [2.24, 2.45) is 5.16 Å². The van der Waals surface area contributed by atoms with Crippen molar-refractivity contribution in [1.82, 2.24) is 5.16 Å². The number of rotatable bonds is 4. The summed E-state index contributed by atoms with van der Waals surface area (Å²) in [5.41, 5.74) is 4.03. The summed E-state index contributed by atoms with van der Waals surface area (Å²) >= 11 is 1.63. The predicted molar refractivity (Wildman–Crippen MR) is 104 cm³/mol. The van der Waals surface area contributed by atoms with E-state index in [-0.39, 0.29) is 5.92 Å². The van der Waals surface area contributed by atoms with Gasteiger partial charge < -0.3 is 9.73 Å². The molecule has 0 saturated carbocycles. The molecular formula is C21H20N2O2S. The molecular weight excluding hydrogens is 344 g/mol. The lowest BCUT2D eigenvalue weighted by atomic mass is 9.82. The molecule has 1 aromatic carbocycles. The van der Waals surface area contributed by atoms with Crippen molar-refractivity contribution in [3.63, 3.8) is 0 Å². The Balaban J connectivity index is 1.54. The number of oxime groups is 1. The zero-order valence-corrected chi connectivity index (χ0v) is 15.2. The van der Waals surface area contributed by atoms with Crippen LogP contribution in [-0.4, -0.2) is 21.8 Å². The van der Waals surface area contributed by atoms with Gasteiger partial charge in [0.2, 0.25) is 0 Å². The molecule has 0 radical (unpaired) electrons. The molecule has 1 atom stereocenters. The SMILES string of the molecule is O/N=C1\CC(c2ccccc2)Cc2onc(SCC3=CCC=CC=C3)c21. The number of thioether (sulfide) groups is 1. The highest BCUT2D eigenvalue weighted by Crippen LogP contribution is 2.38. The molecule has 2 aromatic rings. The molecule has 2 aliphatic rings. The second-order valence-electron chi connectivity index (χ2n) is 6.44. The molecule has 4 nitrogen and oxygen atoms in total. The van der Waals surface area contributed by atoms with E-state index in [1.165, 1.54) is 11.1 Å². The van der Waals surface area contributed by atoms with Crippen LogP contribution < -0.4 is 0 Å². The molecule has 0 saturated heterocycles. The van der Waals surface area contributed by atoms with Crippen molar-refractivity contribution >= 4 is 17.5 Å². The quantitative estimate of drug-likeness (QED) is 0.465. The predicted octanol–water partition coefficient (Wildman–Crippen LogP) is 5.12. The van der Waals surface area contributed by atoms with Gasteiger partial charge in [-0.1, -0.05) is 82.8 Å². The van der Waals surface area contributed by atoms with Gasteiger partial charge in [0, 0.05) is 18.6 Å². The Hall–Kier alpha value is -2.53. The third-order valence-electron chi connectivity index (χ3n) is 4.73. The van der Waals surface area contributed by atoms with Crippen LogP contribution in [0, 0.1) is 0 Å². The first-order valence-corrected chi connectivity index (χ1v) is 9.73. The summed E-state index contributed by atoms with van der Waals surface area (Å²) in [4.78, 5) is 0. The highest BCUT2D eigenvalue weighted by Gasteiger charge is 2.32. The highest BCUT2D eigenvalue weighted by molar-refractivity contribution is 7.99. The lowest BCUT2D eigenvalue weighted by molar-refractivity contribution is 0.315. The number of aromatic nitrogens is 1. The van der Waals surface area contributed by atoms with E-state index < -0.39 is 0 Å². The third kappa shape index (κ3) is 3.53. The van der Waals surface area contributed by atoms with E-state index in [4.69, 9.17) is 4.52 Å². The third-order valence-corrected chi connectivity index (χ3v) is 5.76. The Morgan fingerprint density at radius 3 is 2.92 bits per heavy atom. The molecule has 0 aliphatic heterocycles. The monoisotopic (exact) mass is 364 g/mol. The van der Waals surface area contributed by atoms with Gasteiger partial charge >= 0.3 is 0 Å². The van der Waals surface area contributed by atoms with Crippen LogP contribution in [0.3, 0.4) is 0 Å². The summed E-state index contributed by atoms with van der Waals surface area (Å²) in [5.74, 6) is 1.88. The topological polar surface area (TPSA) is 58.6 Å². The summed E-state index contributed by atoms with van der Waals surface area (Å²) in [5, 5.41) is 18.2. The van der Waals surface area contributed by atoms with Crippen LogP contribution in [0.1, 0.15) is 35.6 Å². The lowest BCUT2D eigenvalue weighted by Gasteiger charge is -2.22. The summed E-state index contributed by atoms with van der Waals surface area (Å²) in [7, 11) is 0. The van der Waals surface area contributed by atoms with Crippen LogP contribution in [0.15, 0.2) is 81.0 Å². The summed E-state index contributed by atoms with van der Waals surface area (Å²) in [6.07, 6.45) is 13.0. The standard InChI is InChI=1S/C21H20N2O2S/c24-22-18-12-17(16-10-6-3-7-11-16)13-19-20(18)21(23-25-19)26-14-15-8-4-1-2-5-9-15/h1-4,6-11,17,24H,5,12-14H2/b22-18+. The maximum Gasteiger partial charge on any atom is 0.149 e. The smallest absolute Gasteiger partial charge is 0.149 e. The van der Waals surface area contributed by atoms with Crippen LogP contribution in [0.2, 0.25) is 0 Å². The number of fused-ring (bicyclic) bond motifs is 1. The Morgan fingerprint density at radius 1 is 1.19 bits per heavy atom. The fourth-order valence-corrected chi connectivity index (χ4v) is 4.38. The zero-order chi connectivity index (χ0) is 17.8. The van der Waals surface area contributed by atoms with Crippen molar-refractivity contribution in [2.45, 2.75) is 30.2 Å². The van der Waals surface area contributed by atoms with Crippen LogP contribution in [0.25, 0.3) is 0 Å². The minimum absolute atomic E-state index is 0.249. The van der Waals surface area contributed by atoms with Crippen molar-refractivity contribution in [2.75, 3.05) is 5.75 Å². The van der Waals surface area contributed by atoms with E-state index in [1.54, 1.807) is 11.8 Å². The number of benzene rings is 1. The van der Waals surface area contributed by atoms with Gasteiger partial charge in [-0.3, -0.25) is 0 Å². The minimum Gasteiger partial charge on any atom is -0.411 e. The number of hydrogen-bond donors (Lipinski definition) is 1. The highest BCUT2D eigenvalue weighted by atomic mass is 32.2. The first kappa shape index (κ1) is 16.9. The Morgan fingerprint density at radius 2 is 2.08 bits per heavy atom. The molecule has 1 aromatic heterocycles. The van der Waals surface area contributed by atoms with Gasteiger partial charge in [-0.2, -0.15) is 0 Å². The van der Waals surface area contributed by atoms with Crippen molar-refractivity contribution in [1.29, 1.82) is 0 Å². The van der Waals surface area contributed by atoms with Gasteiger partial charge in [-0.05, 0) is 23.5 Å². The Kier molecular flexibility index (Phi) is 5.07. The zero-order valence-electron chi connectivity index (χ0n) is 14.3. The molecule has 1 N–H and O–H groups in total. The fourth-order valence-electron chi connectivity index (χ4n) is 3.39. The summed E-state index contributed by atoms with van der Waals surface area (Å²) in [6, 6.07) is 10.3. The van der Waals surface area contributed by atoms with Crippen LogP contribution in [0.5, 0.6) is 0 Å². The molecule has 1 heterocycles. The maximum atomic E-state index is 9.58. The van der Waals surface area contributed by atoms with Crippen molar-refractivity contribution < 1.29 is 9.73 Å². The average Bonchev–Trinajstić information content (AvgIpc) is 2.92. The second-order valence-corrected chi connectivity index (χ2v) is 7.40. The van der Waals surface area contributed by atoms with Crippen LogP contribution in [-0.2, 0) is 6.42 Å². The first-order chi connectivity index (χ1) is 12.8. The van der Waals surface area contributed by atoms with E-state index in [0.717, 1.165) is 34.9 Å². The van der Waals surface area contributed by atoms with Crippen LogP contribution >= 0.6 is 11.8 Å². The van der Waals surface area contributed by atoms with Gasteiger partial charge in [0.25, 0.3) is 0 Å². The van der Waals surface area contributed by atoms with Gasteiger partial charge in [0.15, 0.2) is 0 Å². The van der Waals surface area contributed by atoms with Gasteiger partial charge in [-0.25, -0.2) is 0 Å². The van der Waals surface area contributed by atoms with Crippen molar-refractivity contribution in [3.8, 4) is 0 Å². The largest absolute Gasteiger partial charge is 0.411 e. The van der Waals surface area contributed by atoms with E-state index >= 15 is 0 Å². The summed E-state index contributed by atoms with van der Waals surface area (Å²) < 4.78 is 5.62. The number of hydrogen-bond acceptors (Lipinski definition) is 5. The number of nitrogens with zero attached hydrogens (tertiary/aromatic N) is 2. The first-order valence-electron chi connectivity index (χ1n) is 8.75. The molecule has 5 heteroatoms. The minimum atomic E-state index is 0.249. The lowest BCUT2D eigenvalue weighted by Crippen LogP contribution is -2.18. The van der Waals surface area contributed by atoms with E-state index in [9.17, 15) is 5.21 Å². The Labute approximate surface area is 157 Å². The van der Waals surface area contributed by atoms with Gasteiger partial charge in [0.05, 0.1) is 11.3 Å². The molecule has 4 rings (SSSR count). The van der Waals surface area contributed by atoms with Gasteiger partial charge in [-0.15, -0.1) is 0 Å². The molecule has 2 aliphatic carbocycles. The van der Waals surface area contributed by atoms with Crippen LogP contribution in [0.4, 0.5) is 0 Å². The molecule has 0 amide bonds. The Bertz CT molecular complexity index is 894. The summed E-state index contributed by atoms with van der Waals surface area (Å²) in [6.45, 7) is 0. The van der Waals surface area contributed by atoms with E-state index in [1.807, 2.05) is 18.2 Å². The molecule has 0 bridgehead atoms. The molecule has 26 heavy (non-hydrogen) atoms. The van der Waals surface area contributed by atoms with E-state index in [0.29, 0.717) is 12.1 Å². The molecule has 0 spiro atoms. The normalized spacial score (nSPS) is 20.7. The van der Waals surface area contributed by atoms with Gasteiger partial charge in [0.1, 0.15) is 10.8 Å². The second kappa shape index (κ2) is 7.79. The maximum absolute atomic E-state index is 9.58. The average molecular weight is 364 g/mol. The molecule has 132 valence electrons.